The average molecular weight is 1820 g/mol. The molecule has 0 amide bonds. The number of hydrogen-bond acceptors (Lipinski definition) is 23. The lowest BCUT2D eigenvalue weighted by atomic mass is 9.85. The fourth-order valence-corrected chi connectivity index (χ4v) is 16.3. The molecule has 0 aliphatic heterocycles. The Balaban J connectivity index is 0.000000768. The van der Waals surface area contributed by atoms with Crippen LogP contribution < -0.4 is 19.3 Å². The van der Waals surface area contributed by atoms with E-state index >= 15 is 0 Å². The second-order valence-corrected chi connectivity index (χ2v) is 37.5. The molecule has 51 heteroatoms. The predicted molar refractivity (Wildman–Crippen MR) is 411 cm³/mol. The number of unbranched alkanes of at least 4 members (excludes halogenated alkanes) is 26. The van der Waals surface area contributed by atoms with Crippen molar-refractivity contribution >= 4 is 89.0 Å². The third kappa shape index (κ3) is 60.8. The van der Waals surface area contributed by atoms with Crippen molar-refractivity contribution in [3.63, 3.8) is 0 Å². The standard InChI is InChI=1S/C32H67O4P.C12H11O4P.C10H9O4P.C6H18O24P6.C2H8NO4P/c1-3-5-7-9-11-13-15-17-19-21-23-25-27-29-31-35-37(33,34)36-32-30-28-26-24-22-20-18-16-14-12-10-8-6-4-2;13-17(14,15-11-7-3-1-4-8-11)16-12-9-5-2-6-10-12;11-15(12,13)14-10-7-3-5-8-4-1-2-6-9(8)10;7-31(8,9)25-1-2(26-32(10,11)12)4(28-34(16,17)18)6(30-36(22,23)24)5(29-35(19,20)21)3(1)27-33(13,14)15;3-1-2-7-8(4,5)6/h3-32H2,1-2H3,(H,33,34);1-10H,(H,13,14);1-7H,(H2,11,12,13);1-6H,(H2,7,8,9)(H2,10,11,12)(H2,13,14,15)(H2,16,17,18)(H2,19,20,21)(H2,22,23,24);1-3H2,(H2,4,5,6). The zero-order chi connectivity index (χ0) is 85.5. The van der Waals surface area contributed by atoms with Crippen molar-refractivity contribution in [2.45, 2.75) is 230 Å². The summed E-state index contributed by atoms with van der Waals surface area (Å²) in [7, 11) is -52.8. The lowest BCUT2D eigenvalue weighted by Gasteiger charge is -2.48. The van der Waals surface area contributed by atoms with Gasteiger partial charge in [-0.25, -0.2) is 45.7 Å². The van der Waals surface area contributed by atoms with Crippen molar-refractivity contribution in [3.05, 3.63) is 103 Å². The summed E-state index contributed by atoms with van der Waals surface area (Å²) in [5.41, 5.74) is 4.87. The smallest absolute Gasteiger partial charge is 0.404 e. The second kappa shape index (κ2) is 56.3. The summed E-state index contributed by atoms with van der Waals surface area (Å²) in [6.07, 6.45) is 17.5. The van der Waals surface area contributed by atoms with Crippen molar-refractivity contribution in [1.82, 2.24) is 0 Å². The molecule has 113 heavy (non-hydrogen) atoms. The Hall–Kier alpha value is -2.28. The van der Waals surface area contributed by atoms with E-state index in [1.165, 1.54) is 160 Å². The van der Waals surface area contributed by atoms with Gasteiger partial charge in [0, 0.05) is 11.9 Å². The lowest BCUT2D eigenvalue weighted by Crippen LogP contribution is -2.66. The number of nitrogens with two attached hydrogens (primary N) is 1. The summed E-state index contributed by atoms with van der Waals surface area (Å²) < 4.78 is 166. The van der Waals surface area contributed by atoms with E-state index in [1.54, 1.807) is 78.9 Å². The zero-order valence-electron chi connectivity index (χ0n) is 62.5. The monoisotopic (exact) mass is 1820 g/mol. The molecule has 1 fully saturated rings. The highest BCUT2D eigenvalue weighted by atomic mass is 31.2. The molecular formula is C62H113NO40P10. The van der Waals surface area contributed by atoms with Gasteiger partial charge in [-0.1, -0.05) is 254 Å². The highest BCUT2D eigenvalue weighted by molar-refractivity contribution is 7.49. The molecule has 4 aromatic rings. The van der Waals surface area contributed by atoms with Gasteiger partial charge in [-0.05, 0) is 48.6 Å². The van der Waals surface area contributed by atoms with Crippen LogP contribution in [-0.4, -0.2) is 151 Å². The molecular weight excluding hydrogens is 1710 g/mol. The Kier molecular flexibility index (Phi) is 54.2. The van der Waals surface area contributed by atoms with E-state index in [4.69, 9.17) is 102 Å². The lowest BCUT2D eigenvalue weighted by molar-refractivity contribution is -0.202. The fourth-order valence-electron chi connectivity index (χ4n) is 10.6. The maximum absolute atomic E-state index is 12.0. The third-order valence-electron chi connectivity index (χ3n) is 15.3. The minimum atomic E-state index is -6.02. The Morgan fingerprint density at radius 3 is 0.770 bits per heavy atom. The number of phosphoric acid groups is 10. The number of benzene rings is 4. The van der Waals surface area contributed by atoms with Gasteiger partial charge in [0.1, 0.15) is 53.9 Å². The molecule has 0 heterocycles. The van der Waals surface area contributed by atoms with Crippen LogP contribution in [0.2, 0.25) is 0 Å². The topological polar surface area (TPSA) is 672 Å². The van der Waals surface area contributed by atoms with E-state index in [-0.39, 0.29) is 30.4 Å². The summed E-state index contributed by atoms with van der Waals surface area (Å²) in [4.78, 5) is 162. The third-order valence-corrected chi connectivity index (χ3v) is 21.2. The quantitative estimate of drug-likeness (QED) is 0.0144. The Bertz CT molecular complexity index is 3400. The van der Waals surface area contributed by atoms with Gasteiger partial charge >= 0.3 is 78.2 Å². The Morgan fingerprint density at radius 2 is 0.522 bits per heavy atom. The van der Waals surface area contributed by atoms with Gasteiger partial charge in [-0.3, -0.25) is 55.4 Å². The minimum Gasteiger partial charge on any atom is -0.404 e. The first kappa shape index (κ1) is 109. The predicted octanol–water partition coefficient (Wildman–Crippen LogP) is 13.6. The summed E-state index contributed by atoms with van der Waals surface area (Å²) in [6.45, 7) is 5.20. The first-order chi connectivity index (χ1) is 52.5. The molecule has 0 radical (unpaired) electrons. The number of para-hydroxylation sites is 2. The molecule has 41 nitrogen and oxygen atoms in total. The molecule has 1 aliphatic carbocycles. The van der Waals surface area contributed by atoms with Crippen molar-refractivity contribution < 1.29 is 188 Å². The Morgan fingerprint density at radius 1 is 0.265 bits per heavy atom. The highest BCUT2D eigenvalue weighted by Gasteiger charge is 2.63. The molecule has 1 aliphatic rings. The average Bonchev–Trinajstić information content (AvgIpc) is 0.743. The van der Waals surface area contributed by atoms with Crippen LogP contribution >= 0.6 is 78.2 Å². The fraction of sp³-hybridized carbons (Fsp3) is 0.645. The van der Waals surface area contributed by atoms with Crippen LogP contribution in [0.3, 0.4) is 0 Å². The van der Waals surface area contributed by atoms with Gasteiger partial charge in [0.05, 0.1) is 19.8 Å². The van der Waals surface area contributed by atoms with E-state index in [1.807, 2.05) is 18.2 Å². The van der Waals surface area contributed by atoms with Crippen LogP contribution in [0.4, 0.5) is 0 Å². The van der Waals surface area contributed by atoms with Crippen LogP contribution in [0.5, 0.6) is 17.2 Å². The molecule has 0 aromatic heterocycles. The number of rotatable bonds is 53. The van der Waals surface area contributed by atoms with Crippen molar-refractivity contribution in [3.8, 4) is 17.2 Å². The largest absolute Gasteiger partial charge is 0.584 e. The van der Waals surface area contributed by atoms with Gasteiger partial charge in [-0.2, -0.15) is 0 Å². The highest BCUT2D eigenvalue weighted by Crippen LogP contribution is 2.58. The van der Waals surface area contributed by atoms with Crippen molar-refractivity contribution in [2.75, 3.05) is 26.4 Å². The minimum absolute atomic E-state index is 0.107. The summed E-state index contributed by atoms with van der Waals surface area (Å²) in [5, 5.41) is 1.56. The summed E-state index contributed by atoms with van der Waals surface area (Å²) in [5.74, 6) is 0.768. The van der Waals surface area contributed by atoms with Crippen molar-refractivity contribution in [2.24, 2.45) is 5.73 Å². The van der Waals surface area contributed by atoms with E-state index in [2.05, 4.69) is 50.0 Å². The molecule has 0 unspecified atom stereocenters. The van der Waals surface area contributed by atoms with Crippen LogP contribution in [-0.2, 0) is 86.4 Å². The maximum Gasteiger partial charge on any atom is 0.584 e. The maximum atomic E-state index is 12.0. The van der Waals surface area contributed by atoms with Gasteiger partial charge < -0.3 is 92.7 Å². The van der Waals surface area contributed by atoms with Gasteiger partial charge in [-0.15, -0.1) is 0 Å². The van der Waals surface area contributed by atoms with Crippen LogP contribution in [0.25, 0.3) is 10.8 Å². The van der Waals surface area contributed by atoms with Gasteiger partial charge in [0.15, 0.2) is 0 Å². The SMILES string of the molecule is CCCCCCCCCCCCCCCCOP(=O)(O)OCCCCCCCCCCCCCCCC.NCCOP(=O)(O)O.O=P(O)(O)OC1C(OP(=O)(O)O)C(OP(=O)(O)O)C(OP(=O)(O)O)C(OP(=O)(O)O)C1OP(=O)(O)O.O=P(O)(O)Oc1cccc2ccccc12.O=P(O)(Oc1ccccc1)Oc1ccccc1. The van der Waals surface area contributed by atoms with Crippen LogP contribution in [0.15, 0.2) is 103 Å². The zero-order valence-corrected chi connectivity index (χ0v) is 71.4. The molecule has 5 rings (SSSR count). The first-order valence-electron chi connectivity index (χ1n) is 36.0. The molecule has 0 saturated heterocycles. The molecule has 656 valence electrons. The van der Waals surface area contributed by atoms with E-state index in [9.17, 15) is 55.4 Å². The molecule has 20 N–H and O–H groups in total. The van der Waals surface area contributed by atoms with E-state index < -0.39 is 115 Å². The van der Waals surface area contributed by atoms with Crippen LogP contribution in [0, 0.1) is 0 Å². The van der Waals surface area contributed by atoms with Gasteiger partial charge in [0.2, 0.25) is 0 Å². The molecule has 0 bridgehead atoms. The number of fused-ring (bicyclic) bond motifs is 1. The second-order valence-electron chi connectivity index (χ2n) is 25.1. The van der Waals surface area contributed by atoms with Crippen LogP contribution in [0.1, 0.15) is 194 Å². The molecule has 0 spiro atoms. The number of phosphoric ester groups is 10. The Labute approximate surface area is 656 Å². The van der Waals surface area contributed by atoms with Gasteiger partial charge in [0.25, 0.3) is 0 Å². The molecule has 1 saturated carbocycles. The summed E-state index contributed by atoms with van der Waals surface area (Å²) in [6, 6.07) is 29.0. The molecule has 0 atom stereocenters. The number of hydrogen-bond donors (Lipinski definition) is 19. The van der Waals surface area contributed by atoms with Crippen molar-refractivity contribution in [1.29, 1.82) is 0 Å². The normalized spacial score (nSPS) is 17.3. The van der Waals surface area contributed by atoms with E-state index in [0.29, 0.717) is 18.6 Å². The summed E-state index contributed by atoms with van der Waals surface area (Å²) >= 11 is 0. The molecule has 4 aromatic carbocycles. The van der Waals surface area contributed by atoms with E-state index in [0.717, 1.165) is 31.1 Å². The first-order valence-corrected chi connectivity index (χ1v) is 51.2.